The molecule has 3 N–H and O–H groups in total. The molecule has 2 aromatic rings. The van der Waals surface area contributed by atoms with Gasteiger partial charge >= 0.3 is 0 Å². The molecule has 2 aromatic carbocycles. The Morgan fingerprint density at radius 1 is 1.13 bits per heavy atom. The SMILES string of the molecule is O=C(CNC(=O)c1ccc(F)cc1)N/N=C\c1ccccc1O. The number of nitrogens with one attached hydrogen (secondary N) is 2. The first-order valence-corrected chi connectivity index (χ1v) is 6.70. The molecular weight excluding hydrogens is 301 g/mol. The number of hydrogen-bond donors (Lipinski definition) is 3. The van der Waals surface area contributed by atoms with Gasteiger partial charge in [0.25, 0.3) is 11.8 Å². The molecule has 118 valence electrons. The van der Waals surface area contributed by atoms with E-state index >= 15 is 0 Å². The molecule has 7 heteroatoms. The fourth-order valence-electron chi connectivity index (χ4n) is 1.67. The van der Waals surface area contributed by atoms with Gasteiger partial charge in [0.05, 0.1) is 12.8 Å². The predicted molar refractivity (Wildman–Crippen MR) is 82.6 cm³/mol. The van der Waals surface area contributed by atoms with Gasteiger partial charge in [0.2, 0.25) is 0 Å². The molecule has 0 unspecified atom stereocenters. The fraction of sp³-hybridized carbons (Fsp3) is 0.0625. The summed E-state index contributed by atoms with van der Waals surface area (Å²) < 4.78 is 12.7. The maximum Gasteiger partial charge on any atom is 0.259 e. The number of halogens is 1. The highest BCUT2D eigenvalue weighted by molar-refractivity contribution is 5.96. The highest BCUT2D eigenvalue weighted by Crippen LogP contribution is 2.12. The Kier molecular flexibility index (Phi) is 5.40. The molecule has 0 aromatic heterocycles. The van der Waals surface area contributed by atoms with E-state index in [-0.39, 0.29) is 17.9 Å². The van der Waals surface area contributed by atoms with Crippen LogP contribution in [0.4, 0.5) is 4.39 Å². The van der Waals surface area contributed by atoms with E-state index in [0.717, 1.165) is 12.1 Å². The second-order valence-electron chi connectivity index (χ2n) is 4.54. The van der Waals surface area contributed by atoms with Crippen molar-refractivity contribution in [2.45, 2.75) is 0 Å². The monoisotopic (exact) mass is 315 g/mol. The molecule has 6 nitrogen and oxygen atoms in total. The van der Waals surface area contributed by atoms with Gasteiger partial charge in [-0.05, 0) is 36.4 Å². The summed E-state index contributed by atoms with van der Waals surface area (Å²) >= 11 is 0. The Bertz CT molecular complexity index is 730. The summed E-state index contributed by atoms with van der Waals surface area (Å²) in [7, 11) is 0. The number of benzene rings is 2. The quantitative estimate of drug-likeness (QED) is 0.575. The van der Waals surface area contributed by atoms with E-state index in [1.165, 1.54) is 24.4 Å². The van der Waals surface area contributed by atoms with E-state index in [9.17, 15) is 19.1 Å². The lowest BCUT2D eigenvalue weighted by molar-refractivity contribution is -0.120. The average molecular weight is 315 g/mol. The molecule has 0 aliphatic heterocycles. The minimum Gasteiger partial charge on any atom is -0.507 e. The zero-order chi connectivity index (χ0) is 16.7. The van der Waals surface area contributed by atoms with Crippen molar-refractivity contribution in [3.05, 3.63) is 65.5 Å². The van der Waals surface area contributed by atoms with Gasteiger partial charge in [-0.15, -0.1) is 0 Å². The lowest BCUT2D eigenvalue weighted by Gasteiger charge is -2.04. The Balaban J connectivity index is 1.80. The van der Waals surface area contributed by atoms with Crippen LogP contribution in [0.1, 0.15) is 15.9 Å². The van der Waals surface area contributed by atoms with Crippen molar-refractivity contribution in [1.29, 1.82) is 0 Å². The number of nitrogens with zero attached hydrogens (tertiary/aromatic N) is 1. The van der Waals surface area contributed by atoms with Gasteiger partial charge in [0, 0.05) is 11.1 Å². The highest BCUT2D eigenvalue weighted by Gasteiger charge is 2.07. The predicted octanol–water partition coefficient (Wildman–Crippen LogP) is 1.41. The number of amides is 2. The topological polar surface area (TPSA) is 90.8 Å². The lowest BCUT2D eigenvalue weighted by Crippen LogP contribution is -2.34. The molecule has 2 rings (SSSR count). The van der Waals surface area contributed by atoms with Crippen molar-refractivity contribution in [3.8, 4) is 5.75 Å². The van der Waals surface area contributed by atoms with Crippen molar-refractivity contribution in [3.63, 3.8) is 0 Å². The van der Waals surface area contributed by atoms with E-state index in [0.29, 0.717) is 5.56 Å². The number of phenolic OH excluding ortho intramolecular Hbond substituents is 1. The third kappa shape index (κ3) is 4.92. The molecule has 23 heavy (non-hydrogen) atoms. The number of carbonyl (C=O) groups excluding carboxylic acids is 2. The number of para-hydroxylation sites is 1. The second kappa shape index (κ2) is 7.69. The van der Waals surface area contributed by atoms with Crippen LogP contribution in [0.25, 0.3) is 0 Å². The molecule has 0 spiro atoms. The molecule has 0 bridgehead atoms. The molecule has 0 atom stereocenters. The Morgan fingerprint density at radius 3 is 2.52 bits per heavy atom. The maximum absolute atomic E-state index is 12.7. The molecule has 0 heterocycles. The average Bonchev–Trinajstić information content (AvgIpc) is 2.55. The van der Waals surface area contributed by atoms with E-state index in [4.69, 9.17) is 0 Å². The van der Waals surface area contributed by atoms with Crippen molar-refractivity contribution in [2.75, 3.05) is 6.54 Å². The number of phenols is 1. The van der Waals surface area contributed by atoms with Gasteiger partial charge in [0.1, 0.15) is 11.6 Å². The molecule has 0 radical (unpaired) electrons. The minimum absolute atomic E-state index is 0.0371. The van der Waals surface area contributed by atoms with Crippen LogP contribution in [0.5, 0.6) is 5.75 Å². The van der Waals surface area contributed by atoms with E-state index in [1.54, 1.807) is 18.2 Å². The molecule has 0 aliphatic rings. The number of rotatable bonds is 5. The number of hydrazone groups is 1. The van der Waals surface area contributed by atoms with Gasteiger partial charge in [-0.1, -0.05) is 12.1 Å². The molecule has 0 saturated heterocycles. The third-order valence-corrected chi connectivity index (χ3v) is 2.85. The fourth-order valence-corrected chi connectivity index (χ4v) is 1.67. The van der Waals surface area contributed by atoms with Crippen LogP contribution in [0, 0.1) is 5.82 Å². The third-order valence-electron chi connectivity index (χ3n) is 2.85. The number of aromatic hydroxyl groups is 1. The summed E-state index contributed by atoms with van der Waals surface area (Å²) in [5.74, 6) is -1.44. The van der Waals surface area contributed by atoms with Gasteiger partial charge in [-0.25, -0.2) is 9.82 Å². The smallest absolute Gasteiger partial charge is 0.259 e. The second-order valence-corrected chi connectivity index (χ2v) is 4.54. The van der Waals surface area contributed by atoms with Crippen LogP contribution in [0.3, 0.4) is 0 Å². The Labute approximate surface area is 131 Å². The van der Waals surface area contributed by atoms with Crippen LogP contribution >= 0.6 is 0 Å². The number of hydrogen-bond acceptors (Lipinski definition) is 4. The summed E-state index contributed by atoms with van der Waals surface area (Å²) in [6, 6.07) is 11.4. The van der Waals surface area contributed by atoms with Crippen molar-refractivity contribution in [1.82, 2.24) is 10.7 Å². The van der Waals surface area contributed by atoms with Crippen LogP contribution in [-0.2, 0) is 4.79 Å². The standard InChI is InChI=1S/C16H14FN3O3/c17-13-7-5-11(6-8-13)16(23)18-10-15(22)20-19-9-12-3-1-2-4-14(12)21/h1-9,21H,10H2,(H,18,23)(H,20,22)/b19-9-. The minimum atomic E-state index is -0.535. The summed E-state index contributed by atoms with van der Waals surface area (Å²) in [5.41, 5.74) is 2.91. The molecule has 2 amide bonds. The Morgan fingerprint density at radius 2 is 1.83 bits per heavy atom. The van der Waals surface area contributed by atoms with Crippen LogP contribution in [-0.4, -0.2) is 29.7 Å². The highest BCUT2D eigenvalue weighted by atomic mass is 19.1. The number of carbonyl (C=O) groups is 2. The van der Waals surface area contributed by atoms with E-state index in [1.807, 2.05) is 0 Å². The van der Waals surface area contributed by atoms with Crippen LogP contribution in [0.2, 0.25) is 0 Å². The first kappa shape index (κ1) is 16.2. The largest absolute Gasteiger partial charge is 0.507 e. The van der Waals surface area contributed by atoms with Gasteiger partial charge in [-0.2, -0.15) is 5.10 Å². The van der Waals surface area contributed by atoms with Crippen LogP contribution < -0.4 is 10.7 Å². The normalized spacial score (nSPS) is 10.5. The maximum atomic E-state index is 12.7. The van der Waals surface area contributed by atoms with Gasteiger partial charge in [0.15, 0.2) is 0 Å². The molecular formula is C16H14FN3O3. The first-order valence-electron chi connectivity index (χ1n) is 6.70. The molecule has 0 aliphatic carbocycles. The zero-order valence-corrected chi connectivity index (χ0v) is 12.0. The van der Waals surface area contributed by atoms with Crippen molar-refractivity contribution in [2.24, 2.45) is 5.10 Å². The summed E-state index contributed by atoms with van der Waals surface area (Å²) in [6.07, 6.45) is 1.29. The van der Waals surface area contributed by atoms with Gasteiger partial charge in [-0.3, -0.25) is 9.59 Å². The molecule has 0 fully saturated rings. The summed E-state index contributed by atoms with van der Waals surface area (Å²) in [5, 5.41) is 15.6. The van der Waals surface area contributed by atoms with Gasteiger partial charge < -0.3 is 10.4 Å². The van der Waals surface area contributed by atoms with Crippen LogP contribution in [0.15, 0.2) is 53.6 Å². The Hall–Kier alpha value is -3.22. The zero-order valence-electron chi connectivity index (χ0n) is 12.0. The summed E-state index contributed by atoms with van der Waals surface area (Å²) in [4.78, 5) is 23.3. The van der Waals surface area contributed by atoms with E-state index < -0.39 is 17.6 Å². The van der Waals surface area contributed by atoms with Crippen molar-refractivity contribution >= 4 is 18.0 Å². The van der Waals surface area contributed by atoms with Crippen molar-refractivity contribution < 1.29 is 19.1 Å². The van der Waals surface area contributed by atoms with E-state index in [2.05, 4.69) is 15.8 Å². The summed E-state index contributed by atoms with van der Waals surface area (Å²) in [6.45, 7) is -0.283. The first-order chi connectivity index (χ1) is 11.1. The lowest BCUT2D eigenvalue weighted by atomic mass is 10.2. The molecule has 0 saturated carbocycles.